The normalized spacial score (nSPS) is 16.9. The molecular weight excluding hydrogens is 372 g/mol. The molecule has 1 saturated heterocycles. The Kier molecular flexibility index (Phi) is 6.70. The maximum atomic E-state index is 12.9. The first-order valence-electron chi connectivity index (χ1n) is 8.83. The van der Waals surface area contributed by atoms with Gasteiger partial charge in [-0.3, -0.25) is 14.4 Å². The van der Waals surface area contributed by atoms with Gasteiger partial charge in [-0.25, -0.2) is 0 Å². The molecule has 8 heteroatoms. The van der Waals surface area contributed by atoms with E-state index < -0.39 is 17.4 Å². The number of methoxy groups -OCH3 is 1. The number of rotatable bonds is 7. The van der Waals surface area contributed by atoms with Crippen LogP contribution in [-0.2, 0) is 9.59 Å². The Morgan fingerprint density at radius 1 is 1.37 bits per heavy atom. The molecule has 7 nitrogen and oxygen atoms in total. The van der Waals surface area contributed by atoms with Gasteiger partial charge >= 0.3 is 5.97 Å². The molecule has 2 N–H and O–H groups in total. The van der Waals surface area contributed by atoms with Crippen LogP contribution in [0.25, 0.3) is 0 Å². The van der Waals surface area contributed by atoms with E-state index in [1.54, 1.807) is 26.0 Å². The number of halogens is 1. The highest BCUT2D eigenvalue weighted by Gasteiger charge is 2.36. The van der Waals surface area contributed by atoms with Crippen LogP contribution >= 0.6 is 11.6 Å². The Bertz CT molecular complexity index is 735. The number of nitrogens with zero attached hydrogens (tertiary/aromatic N) is 1. The van der Waals surface area contributed by atoms with Crippen molar-refractivity contribution in [1.29, 1.82) is 0 Å². The Morgan fingerprint density at radius 3 is 2.70 bits per heavy atom. The Morgan fingerprint density at radius 2 is 2.07 bits per heavy atom. The second kappa shape index (κ2) is 8.61. The van der Waals surface area contributed by atoms with E-state index in [1.807, 2.05) is 0 Å². The molecule has 1 atom stereocenters. The van der Waals surface area contributed by atoms with Crippen molar-refractivity contribution in [2.75, 3.05) is 20.2 Å². The number of aliphatic carboxylic acids is 1. The van der Waals surface area contributed by atoms with E-state index in [2.05, 4.69) is 5.32 Å². The van der Waals surface area contributed by atoms with Crippen molar-refractivity contribution in [2.24, 2.45) is 5.41 Å². The maximum absolute atomic E-state index is 12.9. The second-order valence-corrected chi connectivity index (χ2v) is 7.67. The molecule has 2 rings (SSSR count). The van der Waals surface area contributed by atoms with Crippen molar-refractivity contribution in [2.45, 2.75) is 39.2 Å². The van der Waals surface area contributed by atoms with Gasteiger partial charge in [0.05, 0.1) is 18.1 Å². The van der Waals surface area contributed by atoms with Crippen LogP contribution in [0, 0.1) is 5.41 Å². The minimum atomic E-state index is -0.924. The van der Waals surface area contributed by atoms with Gasteiger partial charge in [0, 0.05) is 18.1 Å². The first-order chi connectivity index (χ1) is 12.7. The second-order valence-electron chi connectivity index (χ2n) is 7.23. The van der Waals surface area contributed by atoms with Gasteiger partial charge in [0.2, 0.25) is 5.91 Å². The summed E-state index contributed by atoms with van der Waals surface area (Å²) >= 11 is 6.01. The monoisotopic (exact) mass is 396 g/mol. The summed E-state index contributed by atoms with van der Waals surface area (Å²) in [6, 6.07) is 4.20. The quantitative estimate of drug-likeness (QED) is 0.738. The fraction of sp³-hybridized carbons (Fsp3) is 0.526. The summed E-state index contributed by atoms with van der Waals surface area (Å²) in [5, 5.41) is 12.3. The van der Waals surface area contributed by atoms with E-state index in [1.165, 1.54) is 18.1 Å². The third kappa shape index (κ3) is 4.91. The zero-order chi connectivity index (χ0) is 20.2. The molecule has 0 aromatic heterocycles. The van der Waals surface area contributed by atoms with Gasteiger partial charge in [0.15, 0.2) is 0 Å². The van der Waals surface area contributed by atoms with Crippen molar-refractivity contribution < 1.29 is 24.2 Å². The predicted molar refractivity (Wildman–Crippen MR) is 101 cm³/mol. The minimum Gasteiger partial charge on any atom is -0.496 e. The van der Waals surface area contributed by atoms with Gasteiger partial charge in [-0.2, -0.15) is 0 Å². The molecule has 0 radical (unpaired) electrons. The fourth-order valence-electron chi connectivity index (χ4n) is 3.01. The lowest BCUT2D eigenvalue weighted by Crippen LogP contribution is -2.46. The highest BCUT2D eigenvalue weighted by atomic mass is 35.5. The third-order valence-electron chi connectivity index (χ3n) is 4.84. The molecule has 0 bridgehead atoms. The molecule has 1 aliphatic rings. The van der Waals surface area contributed by atoms with Crippen molar-refractivity contribution in [3.05, 3.63) is 28.8 Å². The van der Waals surface area contributed by atoms with Crippen LogP contribution in [0.15, 0.2) is 18.2 Å². The lowest BCUT2D eigenvalue weighted by Gasteiger charge is -2.25. The van der Waals surface area contributed by atoms with Crippen LogP contribution in [0.4, 0.5) is 0 Å². The zero-order valence-corrected chi connectivity index (χ0v) is 16.5. The molecule has 0 saturated carbocycles. The first-order valence-corrected chi connectivity index (χ1v) is 9.21. The van der Waals surface area contributed by atoms with Crippen molar-refractivity contribution in [3.63, 3.8) is 0 Å². The minimum absolute atomic E-state index is 0.233. The topological polar surface area (TPSA) is 95.9 Å². The summed E-state index contributed by atoms with van der Waals surface area (Å²) in [6.07, 6.45) is 1.58. The van der Waals surface area contributed by atoms with Crippen LogP contribution in [0.2, 0.25) is 5.02 Å². The third-order valence-corrected chi connectivity index (χ3v) is 5.07. The molecular formula is C19H25ClN2O5. The number of carbonyl (C=O) groups is 3. The number of hydrogen-bond acceptors (Lipinski definition) is 4. The Labute approximate surface area is 163 Å². The van der Waals surface area contributed by atoms with E-state index in [0.29, 0.717) is 42.1 Å². The Balaban J connectivity index is 2.06. The highest BCUT2D eigenvalue weighted by Crippen LogP contribution is 2.28. The van der Waals surface area contributed by atoms with E-state index in [4.69, 9.17) is 21.4 Å². The largest absolute Gasteiger partial charge is 0.496 e. The summed E-state index contributed by atoms with van der Waals surface area (Å²) < 4.78 is 5.24. The van der Waals surface area contributed by atoms with Crippen LogP contribution in [0.3, 0.4) is 0 Å². The van der Waals surface area contributed by atoms with Gasteiger partial charge in [-0.05, 0) is 51.3 Å². The van der Waals surface area contributed by atoms with Crippen LogP contribution in [0.1, 0.15) is 43.5 Å². The SMILES string of the molecule is COc1ccc(Cl)cc1C(=O)N1CCCC1C(=O)NCCC(C)(C)C(=O)O. The van der Waals surface area contributed by atoms with Gasteiger partial charge in [0.1, 0.15) is 11.8 Å². The van der Waals surface area contributed by atoms with Crippen molar-refractivity contribution in [3.8, 4) is 5.75 Å². The molecule has 1 aromatic carbocycles. The number of carbonyl (C=O) groups excluding carboxylic acids is 2. The smallest absolute Gasteiger partial charge is 0.309 e. The van der Waals surface area contributed by atoms with Crippen LogP contribution in [-0.4, -0.2) is 54.0 Å². The molecule has 1 heterocycles. The summed E-state index contributed by atoms with van der Waals surface area (Å²) in [6.45, 7) is 3.92. The van der Waals surface area contributed by atoms with Gasteiger partial charge in [0.25, 0.3) is 5.91 Å². The zero-order valence-electron chi connectivity index (χ0n) is 15.8. The Hall–Kier alpha value is -2.28. The lowest BCUT2D eigenvalue weighted by atomic mass is 9.89. The number of carboxylic acid groups (broad SMARTS) is 1. The summed E-state index contributed by atoms with van der Waals surface area (Å²) in [5.41, 5.74) is -0.608. The van der Waals surface area contributed by atoms with E-state index in [-0.39, 0.29) is 18.4 Å². The number of ether oxygens (including phenoxy) is 1. The molecule has 1 aliphatic heterocycles. The molecule has 27 heavy (non-hydrogen) atoms. The average Bonchev–Trinajstić information content (AvgIpc) is 3.10. The number of nitrogens with one attached hydrogen (secondary N) is 1. The van der Waals surface area contributed by atoms with Crippen LogP contribution in [0.5, 0.6) is 5.75 Å². The molecule has 0 aliphatic carbocycles. The number of amides is 2. The first kappa shape index (κ1) is 21.0. The standard InChI is InChI=1S/C19H25ClN2O5/c1-19(2,18(25)26)8-9-21-16(23)14-5-4-10-22(14)17(24)13-11-12(20)6-7-15(13)27-3/h6-7,11,14H,4-5,8-10H2,1-3H3,(H,21,23)(H,25,26). The molecule has 1 aromatic rings. The van der Waals surface area contributed by atoms with Crippen molar-refractivity contribution >= 4 is 29.4 Å². The van der Waals surface area contributed by atoms with E-state index in [9.17, 15) is 14.4 Å². The van der Waals surface area contributed by atoms with Gasteiger partial charge in [-0.1, -0.05) is 11.6 Å². The number of hydrogen-bond donors (Lipinski definition) is 2. The summed E-state index contributed by atoms with van der Waals surface area (Å²) in [7, 11) is 1.47. The molecule has 1 fully saturated rings. The molecule has 2 amide bonds. The average molecular weight is 397 g/mol. The maximum Gasteiger partial charge on any atom is 0.309 e. The van der Waals surface area contributed by atoms with Gasteiger partial charge in [-0.15, -0.1) is 0 Å². The predicted octanol–water partition coefficient (Wildman–Crippen LogP) is 2.57. The molecule has 0 spiro atoms. The number of carboxylic acids is 1. The lowest BCUT2D eigenvalue weighted by molar-refractivity contribution is -0.147. The number of benzene rings is 1. The van der Waals surface area contributed by atoms with Crippen molar-refractivity contribution in [1.82, 2.24) is 10.2 Å². The molecule has 148 valence electrons. The summed E-state index contributed by atoms with van der Waals surface area (Å²) in [4.78, 5) is 38.2. The van der Waals surface area contributed by atoms with E-state index in [0.717, 1.165) is 0 Å². The van der Waals surface area contributed by atoms with Gasteiger partial charge < -0.3 is 20.1 Å². The van der Waals surface area contributed by atoms with Crippen LogP contribution < -0.4 is 10.1 Å². The number of likely N-dealkylation sites (tertiary alicyclic amines) is 1. The molecule has 1 unspecified atom stereocenters. The summed E-state index contributed by atoms with van der Waals surface area (Å²) in [5.74, 6) is -1.10. The highest BCUT2D eigenvalue weighted by molar-refractivity contribution is 6.31. The van der Waals surface area contributed by atoms with E-state index >= 15 is 0 Å². The fourth-order valence-corrected chi connectivity index (χ4v) is 3.18.